The Bertz CT molecular complexity index is 1140. The number of pyridine rings is 2. The first-order valence-electron chi connectivity index (χ1n) is 12.9. The number of allylic oxidation sites excluding steroid dienone is 6. The summed E-state index contributed by atoms with van der Waals surface area (Å²) in [6, 6.07) is 7.97. The number of aliphatic hydroxyl groups is 1. The van der Waals surface area contributed by atoms with Gasteiger partial charge in [0.25, 0.3) is 0 Å². The van der Waals surface area contributed by atoms with E-state index in [1.54, 1.807) is 0 Å². The summed E-state index contributed by atoms with van der Waals surface area (Å²) in [5.41, 5.74) is -0.542. The third-order valence-corrected chi connectivity index (χ3v) is 6.62. The Hall–Kier alpha value is -3.30. The van der Waals surface area contributed by atoms with Crippen molar-refractivity contribution in [2.75, 3.05) is 29.3 Å². The van der Waals surface area contributed by atoms with Crippen LogP contribution in [0.25, 0.3) is 5.57 Å². The zero-order chi connectivity index (χ0) is 28.7. The maximum atomic E-state index is 13.8. The highest BCUT2D eigenvalue weighted by atomic mass is 32.2. The topological polar surface area (TPSA) is 61.3 Å². The number of halogens is 3. The number of nitrogens with one attached hydrogen (secondary N) is 1. The Morgan fingerprint density at radius 3 is 2.26 bits per heavy atom. The maximum absolute atomic E-state index is 13.8. The van der Waals surface area contributed by atoms with Crippen LogP contribution in [0, 0.1) is 0 Å². The van der Waals surface area contributed by atoms with Gasteiger partial charge in [-0.1, -0.05) is 50.1 Å². The van der Waals surface area contributed by atoms with E-state index in [1.165, 1.54) is 36.2 Å². The summed E-state index contributed by atoms with van der Waals surface area (Å²) >= 11 is 1.17. The highest BCUT2D eigenvalue weighted by Crippen LogP contribution is 2.37. The van der Waals surface area contributed by atoms with Crippen LogP contribution >= 0.6 is 11.9 Å². The Morgan fingerprint density at radius 1 is 0.923 bits per heavy atom. The van der Waals surface area contributed by atoms with Crippen molar-refractivity contribution in [3.8, 4) is 0 Å². The quantitative estimate of drug-likeness (QED) is 0.0831. The molecule has 39 heavy (non-hydrogen) atoms. The molecule has 0 saturated heterocycles. The number of alkyl halides is 3. The van der Waals surface area contributed by atoms with E-state index in [2.05, 4.69) is 40.9 Å². The standard InChI is InChI=1S/C30H37F3N4OS/c1-5-9-10-12-20-37(21-13-11-14-22-38)27-16-15-17-28(35-27)39-36-26-19-18-25(30(31,32)33)29(34-26)24(8-4)23(6-2)7-3/h5-8,15-19,38H,1-4,9-14,20-22H2,(H,34,36). The van der Waals surface area contributed by atoms with Crippen molar-refractivity contribution in [2.45, 2.75) is 49.7 Å². The minimum Gasteiger partial charge on any atom is -0.396 e. The van der Waals surface area contributed by atoms with E-state index >= 15 is 0 Å². The van der Waals surface area contributed by atoms with Crippen molar-refractivity contribution in [3.63, 3.8) is 0 Å². The average molecular weight is 559 g/mol. The second kappa shape index (κ2) is 16.6. The second-order valence-electron chi connectivity index (χ2n) is 8.67. The van der Waals surface area contributed by atoms with E-state index in [9.17, 15) is 13.2 Å². The summed E-state index contributed by atoms with van der Waals surface area (Å²) in [6.45, 7) is 16.6. The van der Waals surface area contributed by atoms with Crippen LogP contribution in [0.15, 0.2) is 91.6 Å². The van der Waals surface area contributed by atoms with Gasteiger partial charge in [0.1, 0.15) is 16.7 Å². The van der Waals surface area contributed by atoms with Gasteiger partial charge in [-0.2, -0.15) is 13.2 Å². The van der Waals surface area contributed by atoms with Crippen molar-refractivity contribution in [2.24, 2.45) is 0 Å². The van der Waals surface area contributed by atoms with Gasteiger partial charge in [-0.05, 0) is 68.4 Å². The van der Waals surface area contributed by atoms with E-state index in [4.69, 9.17) is 10.1 Å². The van der Waals surface area contributed by atoms with Gasteiger partial charge in [-0.3, -0.25) is 0 Å². The Kier molecular flexibility index (Phi) is 13.6. The molecular weight excluding hydrogens is 521 g/mol. The number of unbranched alkanes of at least 4 members (excludes halogenated alkanes) is 4. The zero-order valence-electron chi connectivity index (χ0n) is 22.2. The monoisotopic (exact) mass is 558 g/mol. The molecule has 0 spiro atoms. The summed E-state index contributed by atoms with van der Waals surface area (Å²) < 4.78 is 44.4. The van der Waals surface area contributed by atoms with Crippen LogP contribution in [0.1, 0.15) is 49.8 Å². The molecule has 2 aromatic heterocycles. The first-order valence-corrected chi connectivity index (χ1v) is 13.7. The normalized spacial score (nSPS) is 11.0. The van der Waals surface area contributed by atoms with Crippen LogP contribution in [0.2, 0.25) is 0 Å². The molecular formula is C30H37F3N4OS. The third kappa shape index (κ3) is 10.1. The third-order valence-electron chi connectivity index (χ3n) is 5.88. The van der Waals surface area contributed by atoms with Crippen molar-refractivity contribution in [1.29, 1.82) is 0 Å². The Labute approximate surface area is 234 Å². The minimum atomic E-state index is -4.60. The van der Waals surface area contributed by atoms with Crippen molar-refractivity contribution in [1.82, 2.24) is 9.97 Å². The van der Waals surface area contributed by atoms with Crippen molar-refractivity contribution in [3.05, 3.63) is 97.8 Å². The first-order chi connectivity index (χ1) is 18.8. The number of anilines is 2. The van der Waals surface area contributed by atoms with E-state index < -0.39 is 11.7 Å². The number of hydrogen-bond donors (Lipinski definition) is 2. The van der Waals surface area contributed by atoms with Crippen LogP contribution < -0.4 is 9.62 Å². The fourth-order valence-corrected chi connectivity index (χ4v) is 4.48. The number of rotatable bonds is 18. The molecule has 0 fully saturated rings. The van der Waals surface area contributed by atoms with E-state index in [0.29, 0.717) is 10.6 Å². The summed E-state index contributed by atoms with van der Waals surface area (Å²) in [5.74, 6) is 1.07. The Balaban J connectivity index is 2.28. The molecule has 0 unspecified atom stereocenters. The molecule has 5 nitrogen and oxygen atoms in total. The SMILES string of the molecule is C=CCCCCN(CCCCCO)c1cccc(SNc2ccc(C(F)(F)F)c(C(C=C)=C(C=C)C=C)n2)n1. The fourth-order valence-electron chi connectivity index (χ4n) is 3.87. The lowest BCUT2D eigenvalue weighted by Gasteiger charge is -2.24. The van der Waals surface area contributed by atoms with E-state index in [1.807, 2.05) is 24.3 Å². The molecule has 2 N–H and O–H groups in total. The van der Waals surface area contributed by atoms with Crippen LogP contribution in [0.5, 0.6) is 0 Å². The largest absolute Gasteiger partial charge is 0.418 e. The first kappa shape index (κ1) is 31.9. The fraction of sp³-hybridized carbons (Fsp3) is 0.333. The van der Waals surface area contributed by atoms with Gasteiger partial charge in [0.15, 0.2) is 0 Å². The van der Waals surface area contributed by atoms with Crippen LogP contribution in [0.4, 0.5) is 24.8 Å². The average Bonchev–Trinajstić information content (AvgIpc) is 2.93. The minimum absolute atomic E-state index is 0.182. The molecule has 0 atom stereocenters. The number of hydrogen-bond acceptors (Lipinski definition) is 6. The van der Waals surface area contributed by atoms with Gasteiger partial charge in [0.2, 0.25) is 0 Å². The molecule has 9 heteroatoms. The zero-order valence-corrected chi connectivity index (χ0v) is 23.0. The second-order valence-corrected chi connectivity index (χ2v) is 9.49. The van der Waals surface area contributed by atoms with E-state index in [-0.39, 0.29) is 23.7 Å². The van der Waals surface area contributed by atoms with Crippen LogP contribution in [-0.4, -0.2) is 34.8 Å². The smallest absolute Gasteiger partial charge is 0.396 e. The molecule has 210 valence electrons. The van der Waals surface area contributed by atoms with Gasteiger partial charge in [0.05, 0.1) is 11.3 Å². The number of nitrogens with zero attached hydrogens (tertiary/aromatic N) is 3. The molecule has 0 aromatic carbocycles. The number of aliphatic hydroxyl groups excluding tert-OH is 1. The lowest BCUT2D eigenvalue weighted by molar-refractivity contribution is -0.138. The van der Waals surface area contributed by atoms with Gasteiger partial charge in [-0.25, -0.2) is 9.97 Å². The van der Waals surface area contributed by atoms with Crippen molar-refractivity contribution < 1.29 is 18.3 Å². The van der Waals surface area contributed by atoms with Crippen LogP contribution in [-0.2, 0) is 6.18 Å². The highest BCUT2D eigenvalue weighted by molar-refractivity contribution is 8.00. The molecule has 0 bridgehead atoms. The van der Waals surface area contributed by atoms with Gasteiger partial charge < -0.3 is 14.7 Å². The van der Waals surface area contributed by atoms with E-state index in [0.717, 1.165) is 63.5 Å². The Morgan fingerprint density at radius 2 is 1.64 bits per heavy atom. The molecule has 0 aliphatic rings. The van der Waals surface area contributed by atoms with Crippen molar-refractivity contribution >= 4 is 29.2 Å². The lowest BCUT2D eigenvalue weighted by atomic mass is 10.00. The lowest BCUT2D eigenvalue weighted by Crippen LogP contribution is -2.26. The predicted molar refractivity (Wildman–Crippen MR) is 158 cm³/mol. The molecule has 2 heterocycles. The molecule has 0 aliphatic heterocycles. The maximum Gasteiger partial charge on any atom is 0.418 e. The van der Waals surface area contributed by atoms with Gasteiger partial charge in [0, 0.05) is 37.2 Å². The molecule has 2 rings (SSSR count). The summed E-state index contributed by atoms with van der Waals surface area (Å²) in [6.07, 6.45) is 7.10. The van der Waals surface area contributed by atoms with Crippen LogP contribution in [0.3, 0.4) is 0 Å². The summed E-state index contributed by atoms with van der Waals surface area (Å²) in [4.78, 5) is 11.3. The van der Waals surface area contributed by atoms with Gasteiger partial charge >= 0.3 is 6.18 Å². The summed E-state index contributed by atoms with van der Waals surface area (Å²) in [7, 11) is 0. The number of aromatic nitrogens is 2. The molecule has 0 amide bonds. The molecule has 2 aromatic rings. The molecule has 0 aliphatic carbocycles. The molecule has 0 radical (unpaired) electrons. The predicted octanol–water partition coefficient (Wildman–Crippen LogP) is 8.25. The molecule has 0 saturated carbocycles. The van der Waals surface area contributed by atoms with Gasteiger partial charge in [-0.15, -0.1) is 6.58 Å². The highest BCUT2D eigenvalue weighted by Gasteiger charge is 2.35. The summed E-state index contributed by atoms with van der Waals surface area (Å²) in [5, 5.41) is 9.74.